The Morgan fingerprint density at radius 3 is 2.65 bits per heavy atom. The molecule has 1 aromatic heterocycles. The molecule has 1 heterocycles. The number of carboxylic acids is 1. The van der Waals surface area contributed by atoms with Crippen molar-refractivity contribution in [1.29, 1.82) is 0 Å². The molecule has 0 spiro atoms. The average molecular weight is 292 g/mol. The fourth-order valence-corrected chi connectivity index (χ4v) is 2.89. The van der Waals surface area contributed by atoms with Gasteiger partial charge in [-0.2, -0.15) is 0 Å². The van der Waals surface area contributed by atoms with Crippen LogP contribution in [0.3, 0.4) is 0 Å². The van der Waals surface area contributed by atoms with Gasteiger partial charge in [-0.15, -0.1) is 0 Å². The van der Waals surface area contributed by atoms with Gasteiger partial charge in [-0.05, 0) is 6.92 Å². The van der Waals surface area contributed by atoms with Crippen LogP contribution < -0.4 is 5.32 Å². The number of hydrogen-bond donors (Lipinski definition) is 2. The third-order valence-corrected chi connectivity index (χ3v) is 3.86. The number of hydrogen-bond acceptors (Lipinski definition) is 4. The van der Waals surface area contributed by atoms with Gasteiger partial charge in [0.05, 0.1) is 5.56 Å². The van der Waals surface area contributed by atoms with Crippen LogP contribution in [-0.2, 0) is 10.8 Å². The summed E-state index contributed by atoms with van der Waals surface area (Å²) in [4.78, 5) is 15.4. The minimum Gasteiger partial charge on any atom is -0.478 e. The molecule has 2 aromatic rings. The summed E-state index contributed by atoms with van der Waals surface area (Å²) in [5.41, 5.74) is 0.179. The Hall–Kier alpha value is -1.95. The summed E-state index contributed by atoms with van der Waals surface area (Å²) in [5.74, 6) is 0.128. The molecule has 0 saturated carbocycles. The van der Waals surface area contributed by atoms with E-state index in [2.05, 4.69) is 10.3 Å². The highest BCUT2D eigenvalue weighted by Gasteiger charge is 2.13. The fraction of sp³-hybridized carbons (Fsp3) is 0.286. The molecule has 106 valence electrons. The summed E-state index contributed by atoms with van der Waals surface area (Å²) < 4.78 is 11.2. The molecule has 20 heavy (non-hydrogen) atoms. The molecule has 2 atom stereocenters. The van der Waals surface area contributed by atoms with Crippen LogP contribution in [0.1, 0.15) is 17.3 Å². The molecule has 6 heteroatoms. The zero-order valence-corrected chi connectivity index (χ0v) is 12.1. The molecule has 0 radical (unpaired) electrons. The maximum atomic E-state index is 11.2. The number of nitrogens with one attached hydrogen (secondary N) is 1. The zero-order valence-electron chi connectivity index (χ0n) is 11.3. The summed E-state index contributed by atoms with van der Waals surface area (Å²) in [6.07, 6.45) is 3.00. The molecule has 0 bridgehead atoms. The quantitative estimate of drug-likeness (QED) is 0.882. The third-order valence-electron chi connectivity index (χ3n) is 2.89. The van der Waals surface area contributed by atoms with Gasteiger partial charge in [-0.3, -0.25) is 4.21 Å². The summed E-state index contributed by atoms with van der Waals surface area (Å²) in [7, 11) is -0.899. The van der Waals surface area contributed by atoms with Gasteiger partial charge >= 0.3 is 5.97 Å². The maximum absolute atomic E-state index is 11.2. The Balaban J connectivity index is 2.43. The summed E-state index contributed by atoms with van der Waals surface area (Å²) >= 11 is 0. The molecule has 2 unspecified atom stereocenters. The van der Waals surface area contributed by atoms with Crippen LogP contribution in [0.2, 0.25) is 0 Å². The van der Waals surface area contributed by atoms with Crippen molar-refractivity contribution in [2.24, 2.45) is 0 Å². The van der Waals surface area contributed by atoms with E-state index < -0.39 is 16.8 Å². The normalized spacial score (nSPS) is 13.9. The van der Waals surface area contributed by atoms with E-state index in [1.807, 2.05) is 19.1 Å². The van der Waals surface area contributed by atoms with Crippen molar-refractivity contribution in [3.63, 3.8) is 0 Å². The number of carboxylic acid groups (broad SMARTS) is 1. The van der Waals surface area contributed by atoms with Gasteiger partial charge in [0.15, 0.2) is 0 Å². The second-order valence-electron chi connectivity index (χ2n) is 4.66. The Labute approximate surface area is 119 Å². The number of anilines is 1. The molecular weight excluding hydrogens is 276 g/mol. The Morgan fingerprint density at radius 2 is 2.05 bits per heavy atom. The number of nitrogens with zero attached hydrogens (tertiary/aromatic N) is 1. The first-order valence-electron chi connectivity index (χ1n) is 6.16. The number of carbonyl (C=O) groups is 1. The van der Waals surface area contributed by atoms with Gasteiger partial charge in [0.25, 0.3) is 0 Å². The van der Waals surface area contributed by atoms with Crippen LogP contribution in [-0.4, -0.2) is 38.3 Å². The largest absolute Gasteiger partial charge is 0.478 e. The minimum absolute atomic E-state index is 0.00702. The van der Waals surface area contributed by atoms with Crippen molar-refractivity contribution >= 4 is 33.4 Å². The molecule has 2 N–H and O–H groups in total. The monoisotopic (exact) mass is 292 g/mol. The molecule has 0 fully saturated rings. The molecule has 1 aromatic carbocycles. The van der Waals surface area contributed by atoms with Crippen LogP contribution in [0, 0.1) is 0 Å². The summed E-state index contributed by atoms with van der Waals surface area (Å²) in [6, 6.07) is 7.21. The standard InChI is InChI=1S/C14H16N2O3S/c1-9(8-20(2)19)16-13-11-6-4-3-5-10(11)12(7-15-13)14(17)18/h3-7,9H,8H2,1-2H3,(H,15,16)(H,17,18). The van der Waals surface area contributed by atoms with E-state index in [1.54, 1.807) is 18.4 Å². The lowest BCUT2D eigenvalue weighted by Crippen LogP contribution is -2.23. The van der Waals surface area contributed by atoms with Crippen molar-refractivity contribution in [1.82, 2.24) is 4.98 Å². The van der Waals surface area contributed by atoms with Crippen LogP contribution in [0.15, 0.2) is 30.5 Å². The SMILES string of the molecule is CC(CS(C)=O)Nc1ncc(C(=O)O)c2ccccc12. The number of aromatic nitrogens is 1. The first-order valence-corrected chi connectivity index (χ1v) is 7.89. The number of aromatic carboxylic acids is 1. The second kappa shape index (κ2) is 6.00. The van der Waals surface area contributed by atoms with Crippen molar-refractivity contribution in [3.8, 4) is 0 Å². The zero-order chi connectivity index (χ0) is 14.7. The van der Waals surface area contributed by atoms with Crippen LogP contribution in [0.5, 0.6) is 0 Å². The van der Waals surface area contributed by atoms with Crippen LogP contribution in [0.4, 0.5) is 5.82 Å². The molecule has 2 rings (SSSR count). The number of rotatable bonds is 5. The lowest BCUT2D eigenvalue weighted by atomic mass is 10.1. The maximum Gasteiger partial charge on any atom is 0.337 e. The predicted molar refractivity (Wildman–Crippen MR) is 80.7 cm³/mol. The van der Waals surface area contributed by atoms with Gasteiger partial charge in [0, 0.05) is 45.8 Å². The van der Waals surface area contributed by atoms with Crippen molar-refractivity contribution < 1.29 is 14.1 Å². The Bertz CT molecular complexity index is 673. The van der Waals surface area contributed by atoms with E-state index in [9.17, 15) is 14.1 Å². The first-order chi connectivity index (χ1) is 9.49. The highest BCUT2D eigenvalue weighted by molar-refractivity contribution is 7.84. The molecule has 0 aliphatic heterocycles. The Morgan fingerprint density at radius 1 is 1.40 bits per heavy atom. The number of pyridine rings is 1. The number of fused-ring (bicyclic) bond motifs is 1. The van der Waals surface area contributed by atoms with E-state index in [4.69, 9.17) is 0 Å². The van der Waals surface area contributed by atoms with Crippen molar-refractivity contribution in [3.05, 3.63) is 36.0 Å². The van der Waals surface area contributed by atoms with Crippen LogP contribution >= 0.6 is 0 Å². The average Bonchev–Trinajstić information content (AvgIpc) is 2.37. The molecule has 0 aliphatic carbocycles. The molecule has 0 amide bonds. The minimum atomic E-state index is -0.997. The fourth-order valence-electron chi connectivity index (χ4n) is 2.11. The lowest BCUT2D eigenvalue weighted by molar-refractivity contribution is 0.0698. The second-order valence-corrected chi connectivity index (χ2v) is 6.14. The van der Waals surface area contributed by atoms with Gasteiger partial charge in [0.2, 0.25) is 0 Å². The summed E-state index contributed by atoms with van der Waals surface area (Å²) in [6.45, 7) is 1.92. The van der Waals surface area contributed by atoms with Crippen molar-refractivity contribution in [2.45, 2.75) is 13.0 Å². The molecular formula is C14H16N2O3S. The van der Waals surface area contributed by atoms with Gasteiger partial charge in [-0.25, -0.2) is 9.78 Å². The topological polar surface area (TPSA) is 79.3 Å². The highest BCUT2D eigenvalue weighted by Crippen LogP contribution is 2.24. The predicted octanol–water partition coefficient (Wildman–Crippen LogP) is 2.11. The van der Waals surface area contributed by atoms with E-state index >= 15 is 0 Å². The first kappa shape index (κ1) is 14.5. The summed E-state index contributed by atoms with van der Waals surface area (Å²) in [5, 5.41) is 13.8. The lowest BCUT2D eigenvalue weighted by Gasteiger charge is -2.15. The highest BCUT2D eigenvalue weighted by atomic mass is 32.2. The van der Waals surface area contributed by atoms with Crippen molar-refractivity contribution in [2.75, 3.05) is 17.3 Å². The number of benzene rings is 1. The van der Waals surface area contributed by atoms with Gasteiger partial charge in [-0.1, -0.05) is 24.3 Å². The smallest absolute Gasteiger partial charge is 0.337 e. The molecule has 0 saturated heterocycles. The van der Waals surface area contributed by atoms with Crippen LogP contribution in [0.25, 0.3) is 10.8 Å². The van der Waals surface area contributed by atoms with E-state index in [0.717, 1.165) is 5.39 Å². The van der Waals surface area contributed by atoms with Gasteiger partial charge in [0.1, 0.15) is 5.82 Å². The van der Waals surface area contributed by atoms with E-state index in [-0.39, 0.29) is 11.6 Å². The third kappa shape index (κ3) is 3.14. The molecule has 5 nitrogen and oxygen atoms in total. The van der Waals surface area contributed by atoms with Gasteiger partial charge < -0.3 is 10.4 Å². The Kier molecular flexibility index (Phi) is 4.34. The van der Waals surface area contributed by atoms with E-state index in [0.29, 0.717) is 17.0 Å². The molecule has 0 aliphatic rings. The van der Waals surface area contributed by atoms with E-state index in [1.165, 1.54) is 6.20 Å².